The first-order chi connectivity index (χ1) is 10.6. The molecule has 2 aromatic heterocycles. The molecule has 3 aromatic rings. The lowest BCUT2D eigenvalue weighted by Crippen LogP contribution is -2.28. The van der Waals surface area contributed by atoms with Gasteiger partial charge in [-0.05, 0) is 43.3 Å². The van der Waals surface area contributed by atoms with Crippen molar-refractivity contribution in [3.8, 4) is 0 Å². The molecule has 0 radical (unpaired) electrons. The first-order valence-corrected chi connectivity index (χ1v) is 6.82. The number of amides is 1. The fraction of sp³-hybridized carbons (Fsp3) is 0.118. The van der Waals surface area contributed by atoms with Gasteiger partial charge in [-0.15, -0.1) is 0 Å². The van der Waals surface area contributed by atoms with E-state index in [4.69, 9.17) is 0 Å². The summed E-state index contributed by atoms with van der Waals surface area (Å²) in [5, 5.41) is 0.867. The topological polar surface area (TPSA) is 46.1 Å². The summed E-state index contributed by atoms with van der Waals surface area (Å²) in [4.78, 5) is 22.0. The van der Waals surface area contributed by atoms with Crippen molar-refractivity contribution >= 4 is 22.6 Å². The van der Waals surface area contributed by atoms with Crippen LogP contribution in [-0.2, 0) is 0 Å². The van der Waals surface area contributed by atoms with E-state index in [0.717, 1.165) is 16.6 Å². The number of pyridine rings is 2. The van der Waals surface area contributed by atoms with E-state index in [1.807, 2.05) is 19.1 Å². The summed E-state index contributed by atoms with van der Waals surface area (Å²) in [6.07, 6.45) is 1.45. The fourth-order valence-electron chi connectivity index (χ4n) is 2.27. The van der Waals surface area contributed by atoms with Gasteiger partial charge in [0.15, 0.2) is 11.6 Å². The maximum absolute atomic E-state index is 13.7. The molecule has 3 rings (SSSR count). The molecule has 4 nitrogen and oxygen atoms in total. The van der Waals surface area contributed by atoms with E-state index in [0.29, 0.717) is 5.56 Å². The summed E-state index contributed by atoms with van der Waals surface area (Å²) < 4.78 is 13.7. The molecule has 2 heterocycles. The van der Waals surface area contributed by atoms with E-state index < -0.39 is 5.82 Å². The molecule has 0 bridgehead atoms. The third kappa shape index (κ3) is 2.53. The van der Waals surface area contributed by atoms with Gasteiger partial charge in [-0.2, -0.15) is 0 Å². The van der Waals surface area contributed by atoms with Crippen molar-refractivity contribution < 1.29 is 9.18 Å². The summed E-state index contributed by atoms with van der Waals surface area (Å²) in [6.45, 7) is 1.91. The molecule has 0 atom stereocenters. The number of hydrogen-bond acceptors (Lipinski definition) is 3. The quantitative estimate of drug-likeness (QED) is 0.728. The minimum Gasteiger partial charge on any atom is -0.293 e. The van der Waals surface area contributed by atoms with E-state index >= 15 is 0 Å². The van der Waals surface area contributed by atoms with Gasteiger partial charge in [0.1, 0.15) is 0 Å². The lowest BCUT2D eigenvalue weighted by molar-refractivity contribution is 0.0991. The van der Waals surface area contributed by atoms with Crippen LogP contribution in [0.5, 0.6) is 0 Å². The SMILES string of the molecule is Cc1ccc2cc(C(=O)N(C)c3ncccc3F)ccc2n1. The minimum absolute atomic E-state index is 0.00891. The number of aromatic nitrogens is 2. The van der Waals surface area contributed by atoms with Crippen molar-refractivity contribution in [2.45, 2.75) is 6.92 Å². The molecule has 1 amide bonds. The van der Waals surface area contributed by atoms with E-state index in [1.54, 1.807) is 18.2 Å². The molecule has 110 valence electrons. The lowest BCUT2D eigenvalue weighted by atomic mass is 10.1. The Kier molecular flexibility index (Phi) is 3.55. The van der Waals surface area contributed by atoms with Crippen LogP contribution in [0.25, 0.3) is 10.9 Å². The highest BCUT2D eigenvalue weighted by atomic mass is 19.1. The van der Waals surface area contributed by atoms with Gasteiger partial charge in [-0.1, -0.05) is 6.07 Å². The summed E-state index contributed by atoms with van der Waals surface area (Å²) in [5.74, 6) is -0.842. The number of benzene rings is 1. The largest absolute Gasteiger partial charge is 0.293 e. The molecule has 0 fully saturated rings. The number of carbonyl (C=O) groups is 1. The number of fused-ring (bicyclic) bond motifs is 1. The normalized spacial score (nSPS) is 10.7. The number of carbonyl (C=O) groups excluding carboxylic acids is 1. The number of hydrogen-bond donors (Lipinski definition) is 0. The molecule has 0 saturated carbocycles. The van der Waals surface area contributed by atoms with Gasteiger partial charge in [0.2, 0.25) is 0 Å². The Labute approximate surface area is 127 Å². The lowest BCUT2D eigenvalue weighted by Gasteiger charge is -2.17. The Bertz CT molecular complexity index is 863. The molecule has 0 unspecified atom stereocenters. The molecule has 0 aliphatic carbocycles. The average molecular weight is 295 g/mol. The van der Waals surface area contributed by atoms with Gasteiger partial charge in [-0.3, -0.25) is 14.7 Å². The predicted molar refractivity (Wildman–Crippen MR) is 83.4 cm³/mol. The molecular weight excluding hydrogens is 281 g/mol. The van der Waals surface area contributed by atoms with Crippen LogP contribution in [0.15, 0.2) is 48.7 Å². The van der Waals surface area contributed by atoms with Gasteiger partial charge in [-0.25, -0.2) is 9.37 Å². The monoisotopic (exact) mass is 295 g/mol. The van der Waals surface area contributed by atoms with Crippen molar-refractivity contribution in [2.75, 3.05) is 11.9 Å². The Morgan fingerprint density at radius 3 is 2.77 bits per heavy atom. The molecule has 0 aliphatic heterocycles. The van der Waals surface area contributed by atoms with Crippen LogP contribution >= 0.6 is 0 Å². The third-order valence-electron chi connectivity index (χ3n) is 3.44. The molecule has 22 heavy (non-hydrogen) atoms. The molecule has 5 heteroatoms. The van der Waals surface area contributed by atoms with Crippen molar-refractivity contribution in [1.29, 1.82) is 0 Å². The van der Waals surface area contributed by atoms with Crippen molar-refractivity contribution in [3.63, 3.8) is 0 Å². The number of rotatable bonds is 2. The highest BCUT2D eigenvalue weighted by Gasteiger charge is 2.18. The van der Waals surface area contributed by atoms with Crippen LogP contribution in [0.2, 0.25) is 0 Å². The van der Waals surface area contributed by atoms with E-state index in [2.05, 4.69) is 9.97 Å². The van der Waals surface area contributed by atoms with E-state index in [1.165, 1.54) is 30.3 Å². The van der Waals surface area contributed by atoms with Gasteiger partial charge in [0, 0.05) is 29.9 Å². The maximum Gasteiger partial charge on any atom is 0.259 e. The summed E-state index contributed by atoms with van der Waals surface area (Å²) in [5.41, 5.74) is 2.20. The van der Waals surface area contributed by atoms with Crippen LogP contribution < -0.4 is 4.90 Å². The van der Waals surface area contributed by atoms with E-state index in [-0.39, 0.29) is 11.7 Å². The number of aryl methyl sites for hydroxylation is 1. The Balaban J connectivity index is 1.98. The Hall–Kier alpha value is -2.82. The second-order valence-corrected chi connectivity index (χ2v) is 5.03. The highest BCUT2D eigenvalue weighted by Crippen LogP contribution is 2.19. The van der Waals surface area contributed by atoms with Crippen molar-refractivity contribution in [3.05, 3.63) is 65.7 Å². The summed E-state index contributed by atoms with van der Waals surface area (Å²) in [7, 11) is 1.51. The van der Waals surface area contributed by atoms with E-state index in [9.17, 15) is 9.18 Å². The van der Waals surface area contributed by atoms with Gasteiger partial charge < -0.3 is 0 Å². The van der Waals surface area contributed by atoms with Crippen LogP contribution in [0.1, 0.15) is 16.1 Å². The second kappa shape index (κ2) is 5.52. The predicted octanol–water partition coefficient (Wildman–Crippen LogP) is 3.35. The minimum atomic E-state index is -0.531. The zero-order valence-corrected chi connectivity index (χ0v) is 12.2. The van der Waals surface area contributed by atoms with Crippen LogP contribution in [0.4, 0.5) is 10.2 Å². The van der Waals surface area contributed by atoms with Crippen molar-refractivity contribution in [1.82, 2.24) is 9.97 Å². The molecule has 1 aromatic carbocycles. The highest BCUT2D eigenvalue weighted by molar-refractivity contribution is 6.07. The fourth-order valence-corrected chi connectivity index (χ4v) is 2.27. The zero-order valence-electron chi connectivity index (χ0n) is 12.2. The van der Waals surface area contributed by atoms with Crippen LogP contribution in [0, 0.1) is 12.7 Å². The van der Waals surface area contributed by atoms with Crippen LogP contribution in [-0.4, -0.2) is 22.9 Å². The number of halogens is 1. The smallest absolute Gasteiger partial charge is 0.259 e. The third-order valence-corrected chi connectivity index (χ3v) is 3.44. The first kappa shape index (κ1) is 14.1. The summed E-state index contributed by atoms with van der Waals surface area (Å²) >= 11 is 0. The molecule has 0 N–H and O–H groups in total. The Morgan fingerprint density at radius 2 is 2.00 bits per heavy atom. The zero-order chi connectivity index (χ0) is 15.7. The van der Waals surface area contributed by atoms with Crippen molar-refractivity contribution in [2.24, 2.45) is 0 Å². The number of nitrogens with zero attached hydrogens (tertiary/aromatic N) is 3. The molecular formula is C17H14FN3O. The molecule has 0 spiro atoms. The van der Waals surface area contributed by atoms with Gasteiger partial charge in [0.05, 0.1) is 5.52 Å². The molecule has 0 saturated heterocycles. The van der Waals surface area contributed by atoms with Crippen LogP contribution in [0.3, 0.4) is 0 Å². The Morgan fingerprint density at radius 1 is 1.18 bits per heavy atom. The maximum atomic E-state index is 13.7. The molecule has 0 aliphatic rings. The second-order valence-electron chi connectivity index (χ2n) is 5.03. The number of anilines is 1. The summed E-state index contributed by atoms with van der Waals surface area (Å²) in [6, 6.07) is 11.8. The average Bonchev–Trinajstić information content (AvgIpc) is 2.53. The van der Waals surface area contributed by atoms with Gasteiger partial charge in [0.25, 0.3) is 5.91 Å². The van der Waals surface area contributed by atoms with Gasteiger partial charge >= 0.3 is 0 Å². The first-order valence-electron chi connectivity index (χ1n) is 6.82. The standard InChI is InChI=1S/C17H14FN3O/c1-11-5-6-12-10-13(7-8-15(12)20-11)17(22)21(2)16-14(18)4-3-9-19-16/h3-10H,1-2H3.